The first-order valence-electron chi connectivity index (χ1n) is 8.18. The number of benzene rings is 1. The number of hydrogen-bond acceptors (Lipinski definition) is 6. The number of rotatable bonds is 5. The van der Waals surface area contributed by atoms with Crippen molar-refractivity contribution in [1.82, 2.24) is 10.9 Å². The van der Waals surface area contributed by atoms with Crippen LogP contribution in [0.1, 0.15) is 29.0 Å². The van der Waals surface area contributed by atoms with Gasteiger partial charge in [0.15, 0.2) is 15.6 Å². The number of sulfone groups is 1. The van der Waals surface area contributed by atoms with E-state index in [0.717, 1.165) is 5.39 Å². The van der Waals surface area contributed by atoms with E-state index in [-0.39, 0.29) is 36.2 Å². The molecule has 2 heterocycles. The summed E-state index contributed by atoms with van der Waals surface area (Å²) in [7, 11) is -1.52. The van der Waals surface area contributed by atoms with Gasteiger partial charge < -0.3 is 9.15 Å². The van der Waals surface area contributed by atoms with Crippen molar-refractivity contribution in [2.24, 2.45) is 5.92 Å². The van der Waals surface area contributed by atoms with Gasteiger partial charge in [0.25, 0.3) is 0 Å². The number of fused-ring (bicyclic) bond motifs is 1. The van der Waals surface area contributed by atoms with E-state index in [4.69, 9.17) is 9.15 Å². The second-order valence-corrected chi connectivity index (χ2v) is 8.54. The predicted octanol–water partition coefficient (Wildman–Crippen LogP) is 1.17. The summed E-state index contributed by atoms with van der Waals surface area (Å²) in [6, 6.07) is 7.19. The summed E-state index contributed by atoms with van der Waals surface area (Å²) < 4.78 is 33.6. The highest BCUT2D eigenvalue weighted by molar-refractivity contribution is 7.91. The van der Waals surface area contributed by atoms with Gasteiger partial charge in [-0.15, -0.1) is 0 Å². The molecule has 2 aromatic rings. The van der Waals surface area contributed by atoms with Gasteiger partial charge in [-0.05, 0) is 18.4 Å². The molecule has 1 aliphatic rings. The van der Waals surface area contributed by atoms with Gasteiger partial charge in [-0.3, -0.25) is 20.4 Å². The lowest BCUT2D eigenvalue weighted by atomic mass is 10.1. The van der Waals surface area contributed by atoms with Crippen molar-refractivity contribution in [1.29, 1.82) is 0 Å². The van der Waals surface area contributed by atoms with Crippen LogP contribution < -0.4 is 10.9 Å². The number of hydrogen-bond donors (Lipinski definition) is 2. The molecule has 1 aliphatic heterocycles. The Balaban J connectivity index is 1.64. The van der Waals surface area contributed by atoms with Crippen LogP contribution in [-0.2, 0) is 26.0 Å². The van der Waals surface area contributed by atoms with Gasteiger partial charge in [-0.2, -0.15) is 0 Å². The summed E-state index contributed by atoms with van der Waals surface area (Å²) in [6.07, 6.45) is 0.510. The Morgan fingerprint density at radius 3 is 2.73 bits per heavy atom. The predicted molar refractivity (Wildman–Crippen MR) is 93.9 cm³/mol. The van der Waals surface area contributed by atoms with Crippen molar-refractivity contribution in [3.8, 4) is 0 Å². The van der Waals surface area contributed by atoms with E-state index in [0.29, 0.717) is 17.6 Å². The quantitative estimate of drug-likeness (QED) is 0.753. The monoisotopic (exact) mass is 380 g/mol. The molecule has 140 valence electrons. The molecule has 0 spiro atoms. The van der Waals surface area contributed by atoms with Crippen molar-refractivity contribution in [3.05, 3.63) is 35.6 Å². The van der Waals surface area contributed by atoms with Crippen LogP contribution in [-0.4, -0.2) is 38.8 Å². The molecule has 1 atom stereocenters. The van der Waals surface area contributed by atoms with Gasteiger partial charge in [-0.1, -0.05) is 18.2 Å². The molecule has 0 unspecified atom stereocenters. The fourth-order valence-electron chi connectivity index (χ4n) is 3.10. The van der Waals surface area contributed by atoms with Crippen LogP contribution in [0, 0.1) is 5.92 Å². The molecular formula is C17H20N2O6S. The maximum absolute atomic E-state index is 12.4. The van der Waals surface area contributed by atoms with Gasteiger partial charge in [0.2, 0.25) is 5.91 Å². The Morgan fingerprint density at radius 1 is 1.27 bits per heavy atom. The van der Waals surface area contributed by atoms with Crippen molar-refractivity contribution in [2.45, 2.75) is 19.4 Å². The lowest BCUT2D eigenvalue weighted by molar-refractivity contribution is -0.122. The van der Waals surface area contributed by atoms with Crippen LogP contribution in [0.4, 0.5) is 0 Å². The molecule has 0 aliphatic carbocycles. The molecule has 0 radical (unpaired) electrons. The standard InChI is InChI=1S/C17H20N2O6S/c1-24-9-13-12-4-2-3-5-14(12)25-16(13)17(21)19-18-15(20)8-11-6-7-26(22,23)10-11/h2-5,11H,6-10H2,1H3,(H,18,20)(H,19,21)/t11-/m0/s1. The number of nitrogens with one attached hydrogen (secondary N) is 2. The molecule has 3 rings (SSSR count). The molecule has 8 nitrogen and oxygen atoms in total. The SMILES string of the molecule is COCc1c(C(=O)NNC(=O)C[C@@H]2CCS(=O)(=O)C2)oc2ccccc12. The maximum atomic E-state index is 12.4. The Hall–Kier alpha value is -2.39. The fraction of sp³-hybridized carbons (Fsp3) is 0.412. The Morgan fingerprint density at radius 2 is 2.04 bits per heavy atom. The van der Waals surface area contributed by atoms with E-state index < -0.39 is 21.7 Å². The molecule has 9 heteroatoms. The molecule has 1 fully saturated rings. The fourth-order valence-corrected chi connectivity index (χ4v) is 4.96. The summed E-state index contributed by atoms with van der Waals surface area (Å²) in [5.41, 5.74) is 5.77. The topological polar surface area (TPSA) is 115 Å². The summed E-state index contributed by atoms with van der Waals surface area (Å²) in [4.78, 5) is 24.3. The van der Waals surface area contributed by atoms with Gasteiger partial charge in [0.1, 0.15) is 5.58 Å². The van der Waals surface area contributed by atoms with Gasteiger partial charge in [-0.25, -0.2) is 8.42 Å². The number of methoxy groups -OCH3 is 1. The number of hydrazine groups is 1. The molecule has 2 N–H and O–H groups in total. The zero-order valence-corrected chi connectivity index (χ0v) is 15.1. The molecular weight excluding hydrogens is 360 g/mol. The van der Waals surface area contributed by atoms with Gasteiger partial charge >= 0.3 is 5.91 Å². The first-order chi connectivity index (χ1) is 12.4. The highest BCUT2D eigenvalue weighted by Gasteiger charge is 2.29. The second kappa shape index (κ2) is 7.46. The minimum absolute atomic E-state index is 0.00985. The van der Waals surface area contributed by atoms with Crippen molar-refractivity contribution < 1.29 is 27.2 Å². The maximum Gasteiger partial charge on any atom is 0.305 e. The zero-order valence-electron chi connectivity index (χ0n) is 14.3. The molecule has 0 saturated carbocycles. The first kappa shape index (κ1) is 18.4. The number of amides is 2. The highest BCUT2D eigenvalue weighted by Crippen LogP contribution is 2.26. The largest absolute Gasteiger partial charge is 0.450 e. The van der Waals surface area contributed by atoms with Crippen molar-refractivity contribution >= 4 is 32.6 Å². The van der Waals surface area contributed by atoms with Crippen molar-refractivity contribution in [2.75, 3.05) is 18.6 Å². The minimum atomic E-state index is -3.04. The smallest absolute Gasteiger partial charge is 0.305 e. The van der Waals surface area contributed by atoms with Crippen LogP contribution in [0.15, 0.2) is 28.7 Å². The average Bonchev–Trinajstić information content (AvgIpc) is 3.13. The highest BCUT2D eigenvalue weighted by atomic mass is 32.2. The van der Waals surface area contributed by atoms with Crippen LogP contribution >= 0.6 is 0 Å². The summed E-state index contributed by atoms with van der Waals surface area (Å²) in [5.74, 6) is -1.07. The normalized spacial score (nSPS) is 18.7. The Bertz CT molecular complexity index is 934. The average molecular weight is 380 g/mol. The summed E-state index contributed by atoms with van der Waals surface area (Å²) in [6.45, 7) is 0.188. The third-order valence-electron chi connectivity index (χ3n) is 4.31. The lowest BCUT2D eigenvalue weighted by Crippen LogP contribution is -2.42. The van der Waals surface area contributed by atoms with E-state index in [9.17, 15) is 18.0 Å². The van der Waals surface area contributed by atoms with Gasteiger partial charge in [0.05, 0.1) is 18.1 Å². The van der Waals surface area contributed by atoms with Crippen molar-refractivity contribution in [3.63, 3.8) is 0 Å². The van der Waals surface area contributed by atoms with Crippen LogP contribution in [0.25, 0.3) is 11.0 Å². The van der Waals surface area contributed by atoms with E-state index in [1.165, 1.54) is 7.11 Å². The lowest BCUT2D eigenvalue weighted by Gasteiger charge is -2.09. The third-order valence-corrected chi connectivity index (χ3v) is 6.15. The molecule has 1 saturated heterocycles. The number of furan rings is 1. The molecule has 26 heavy (non-hydrogen) atoms. The second-order valence-electron chi connectivity index (χ2n) is 6.31. The molecule has 1 aromatic carbocycles. The first-order valence-corrected chi connectivity index (χ1v) is 10.0. The summed E-state index contributed by atoms with van der Waals surface area (Å²) >= 11 is 0. The number of carbonyl (C=O) groups excluding carboxylic acids is 2. The minimum Gasteiger partial charge on any atom is -0.450 e. The van der Waals surface area contributed by atoms with Crippen LogP contribution in [0.3, 0.4) is 0 Å². The van der Waals surface area contributed by atoms with E-state index in [1.54, 1.807) is 12.1 Å². The molecule has 1 aromatic heterocycles. The van der Waals surface area contributed by atoms with Crippen LogP contribution in [0.5, 0.6) is 0 Å². The molecule has 0 bridgehead atoms. The number of ether oxygens (including phenoxy) is 1. The zero-order chi connectivity index (χ0) is 18.7. The van der Waals surface area contributed by atoms with E-state index in [1.807, 2.05) is 12.1 Å². The Labute approximate surface area is 150 Å². The van der Waals surface area contributed by atoms with E-state index in [2.05, 4.69) is 10.9 Å². The number of para-hydroxylation sites is 1. The van der Waals surface area contributed by atoms with E-state index >= 15 is 0 Å². The third kappa shape index (κ3) is 4.05. The Kier molecular flexibility index (Phi) is 5.28. The molecule has 2 amide bonds. The van der Waals surface area contributed by atoms with Crippen LogP contribution in [0.2, 0.25) is 0 Å². The summed E-state index contributed by atoms with van der Waals surface area (Å²) in [5, 5.41) is 0.766. The number of carbonyl (C=O) groups is 2. The van der Waals surface area contributed by atoms with Gasteiger partial charge in [0, 0.05) is 24.5 Å².